The Balaban J connectivity index is 1.73. The highest BCUT2D eigenvalue weighted by Crippen LogP contribution is 2.16. The Bertz CT molecular complexity index is 907. The summed E-state index contributed by atoms with van der Waals surface area (Å²) in [5.74, 6) is -0.288. The van der Waals surface area contributed by atoms with Gasteiger partial charge in [-0.3, -0.25) is 0 Å². The molecule has 1 atom stereocenters. The molecule has 142 valence electrons. The van der Waals surface area contributed by atoms with E-state index >= 15 is 0 Å². The molecule has 0 aliphatic heterocycles. The molecule has 0 radical (unpaired) electrons. The van der Waals surface area contributed by atoms with Gasteiger partial charge in [0.15, 0.2) is 0 Å². The molecular weight excluding hydrogens is 344 g/mol. The van der Waals surface area contributed by atoms with Crippen LogP contribution in [0.15, 0.2) is 84.9 Å². The molecule has 3 aromatic carbocycles. The standard InChI is InChI=1S/C26H26O2/c1-20-17-21(2)19-23(18-20)14-16-25(15-13-22-9-5-3-6-10-22)28-26(27)24-11-7-4-8-12-24/h3-13,15,17-19,25H,14,16H2,1-2H3/b15-13+/t25-/m0/s1. The van der Waals surface area contributed by atoms with Crippen molar-refractivity contribution < 1.29 is 9.53 Å². The van der Waals surface area contributed by atoms with Crippen molar-refractivity contribution in [1.29, 1.82) is 0 Å². The molecule has 0 spiro atoms. The molecule has 0 N–H and O–H groups in total. The predicted molar refractivity (Wildman–Crippen MR) is 115 cm³/mol. The van der Waals surface area contributed by atoms with Gasteiger partial charge in [-0.05, 0) is 56.0 Å². The van der Waals surface area contributed by atoms with Crippen molar-refractivity contribution >= 4 is 12.0 Å². The lowest BCUT2D eigenvalue weighted by Crippen LogP contribution is -2.17. The summed E-state index contributed by atoms with van der Waals surface area (Å²) in [4.78, 5) is 12.5. The number of esters is 1. The van der Waals surface area contributed by atoms with Crippen molar-refractivity contribution in [2.24, 2.45) is 0 Å². The quantitative estimate of drug-likeness (QED) is 0.465. The highest BCUT2D eigenvalue weighted by Gasteiger charge is 2.14. The average molecular weight is 370 g/mol. The van der Waals surface area contributed by atoms with Crippen LogP contribution >= 0.6 is 0 Å². The van der Waals surface area contributed by atoms with Gasteiger partial charge in [0.2, 0.25) is 0 Å². The van der Waals surface area contributed by atoms with Gasteiger partial charge in [-0.2, -0.15) is 0 Å². The Morgan fingerprint density at radius 2 is 1.50 bits per heavy atom. The summed E-state index contributed by atoms with van der Waals surface area (Å²) >= 11 is 0. The van der Waals surface area contributed by atoms with E-state index in [4.69, 9.17) is 4.74 Å². The van der Waals surface area contributed by atoms with Crippen LogP contribution in [0.1, 0.15) is 39.0 Å². The minimum atomic E-state index is -0.288. The van der Waals surface area contributed by atoms with Gasteiger partial charge in [0.25, 0.3) is 0 Å². The van der Waals surface area contributed by atoms with Gasteiger partial charge < -0.3 is 4.74 Å². The molecule has 0 bridgehead atoms. The monoisotopic (exact) mass is 370 g/mol. The average Bonchev–Trinajstić information content (AvgIpc) is 2.70. The van der Waals surface area contributed by atoms with Crippen LogP contribution in [0.25, 0.3) is 6.08 Å². The van der Waals surface area contributed by atoms with E-state index in [1.54, 1.807) is 12.1 Å². The molecule has 0 fully saturated rings. The van der Waals surface area contributed by atoms with E-state index in [-0.39, 0.29) is 12.1 Å². The minimum Gasteiger partial charge on any atom is -0.455 e. The number of hydrogen-bond donors (Lipinski definition) is 0. The topological polar surface area (TPSA) is 26.3 Å². The number of carbonyl (C=O) groups is 1. The van der Waals surface area contributed by atoms with Crippen LogP contribution in [-0.2, 0) is 11.2 Å². The lowest BCUT2D eigenvalue weighted by molar-refractivity contribution is 0.0382. The van der Waals surface area contributed by atoms with Gasteiger partial charge in [0.05, 0.1) is 5.56 Å². The summed E-state index contributed by atoms with van der Waals surface area (Å²) in [5, 5.41) is 0. The summed E-state index contributed by atoms with van der Waals surface area (Å²) in [7, 11) is 0. The molecule has 0 unspecified atom stereocenters. The summed E-state index contributed by atoms with van der Waals surface area (Å²) in [5.41, 5.74) is 5.45. The first-order valence-corrected chi connectivity index (χ1v) is 9.66. The van der Waals surface area contributed by atoms with Crippen molar-refractivity contribution in [3.8, 4) is 0 Å². The molecule has 0 saturated carbocycles. The number of benzene rings is 3. The van der Waals surface area contributed by atoms with E-state index < -0.39 is 0 Å². The van der Waals surface area contributed by atoms with E-state index in [1.807, 2.05) is 60.7 Å². The lowest BCUT2D eigenvalue weighted by atomic mass is 10.0. The first-order chi connectivity index (χ1) is 13.6. The summed E-state index contributed by atoms with van der Waals surface area (Å²) in [6.07, 6.45) is 5.32. The molecular formula is C26H26O2. The maximum Gasteiger partial charge on any atom is 0.338 e. The number of hydrogen-bond acceptors (Lipinski definition) is 2. The third-order valence-corrected chi connectivity index (χ3v) is 4.57. The largest absolute Gasteiger partial charge is 0.455 e. The summed E-state index contributed by atoms with van der Waals surface area (Å²) in [6, 6.07) is 25.8. The van der Waals surface area contributed by atoms with E-state index in [2.05, 4.69) is 32.0 Å². The predicted octanol–water partition coefficient (Wildman–Crippen LogP) is 6.18. The number of rotatable bonds is 7. The molecule has 0 aliphatic rings. The molecule has 3 aromatic rings. The molecule has 0 saturated heterocycles. The Morgan fingerprint density at radius 1 is 0.893 bits per heavy atom. The second-order valence-electron chi connectivity index (χ2n) is 7.11. The summed E-state index contributed by atoms with van der Waals surface area (Å²) < 4.78 is 5.81. The molecule has 2 heteroatoms. The zero-order valence-electron chi connectivity index (χ0n) is 16.5. The third-order valence-electron chi connectivity index (χ3n) is 4.57. The first kappa shape index (κ1) is 19.6. The maximum absolute atomic E-state index is 12.5. The highest BCUT2D eigenvalue weighted by molar-refractivity contribution is 5.89. The maximum atomic E-state index is 12.5. The van der Waals surface area contributed by atoms with Crippen LogP contribution in [0.3, 0.4) is 0 Å². The van der Waals surface area contributed by atoms with Crippen LogP contribution in [0.2, 0.25) is 0 Å². The van der Waals surface area contributed by atoms with Gasteiger partial charge in [-0.15, -0.1) is 0 Å². The van der Waals surface area contributed by atoms with Crippen LogP contribution < -0.4 is 0 Å². The molecule has 2 nitrogen and oxygen atoms in total. The van der Waals surface area contributed by atoms with Crippen LogP contribution in [0, 0.1) is 13.8 Å². The van der Waals surface area contributed by atoms with Crippen LogP contribution in [0.5, 0.6) is 0 Å². The molecule has 3 rings (SSSR count). The fourth-order valence-corrected chi connectivity index (χ4v) is 3.28. The summed E-state index contributed by atoms with van der Waals surface area (Å²) in [6.45, 7) is 4.22. The second kappa shape index (κ2) is 9.70. The van der Waals surface area contributed by atoms with E-state index in [0.29, 0.717) is 5.56 Å². The molecule has 0 aromatic heterocycles. The van der Waals surface area contributed by atoms with E-state index in [0.717, 1.165) is 18.4 Å². The zero-order chi connectivity index (χ0) is 19.8. The second-order valence-corrected chi connectivity index (χ2v) is 7.11. The Morgan fingerprint density at radius 3 is 2.14 bits per heavy atom. The van der Waals surface area contributed by atoms with Gasteiger partial charge in [0.1, 0.15) is 6.10 Å². The van der Waals surface area contributed by atoms with Crippen molar-refractivity contribution in [3.05, 3.63) is 113 Å². The number of aryl methyl sites for hydroxylation is 3. The SMILES string of the molecule is Cc1cc(C)cc(CC[C@H](/C=C/c2ccccc2)OC(=O)c2ccccc2)c1. The Labute approximate surface area is 167 Å². The van der Waals surface area contributed by atoms with Crippen molar-refractivity contribution in [2.75, 3.05) is 0 Å². The molecule has 0 aliphatic carbocycles. The molecule has 28 heavy (non-hydrogen) atoms. The Hall–Kier alpha value is -3.13. The third kappa shape index (κ3) is 5.95. The zero-order valence-corrected chi connectivity index (χ0v) is 16.5. The minimum absolute atomic E-state index is 0.284. The molecule has 0 amide bonds. The fourth-order valence-electron chi connectivity index (χ4n) is 3.28. The van der Waals surface area contributed by atoms with Crippen molar-refractivity contribution in [1.82, 2.24) is 0 Å². The number of carbonyl (C=O) groups excluding carboxylic acids is 1. The van der Waals surface area contributed by atoms with Crippen LogP contribution in [-0.4, -0.2) is 12.1 Å². The van der Waals surface area contributed by atoms with Gasteiger partial charge in [-0.25, -0.2) is 4.79 Å². The van der Waals surface area contributed by atoms with Gasteiger partial charge >= 0.3 is 5.97 Å². The fraction of sp³-hybridized carbons (Fsp3) is 0.192. The van der Waals surface area contributed by atoms with Crippen molar-refractivity contribution in [3.63, 3.8) is 0 Å². The van der Waals surface area contributed by atoms with E-state index in [1.165, 1.54) is 16.7 Å². The normalized spacial score (nSPS) is 12.1. The number of ether oxygens (including phenoxy) is 1. The van der Waals surface area contributed by atoms with Gasteiger partial charge in [0, 0.05) is 0 Å². The highest BCUT2D eigenvalue weighted by atomic mass is 16.5. The first-order valence-electron chi connectivity index (χ1n) is 9.66. The van der Waals surface area contributed by atoms with Crippen LogP contribution in [0.4, 0.5) is 0 Å². The Kier molecular flexibility index (Phi) is 6.80. The van der Waals surface area contributed by atoms with Gasteiger partial charge in [-0.1, -0.05) is 83.9 Å². The van der Waals surface area contributed by atoms with Crippen molar-refractivity contribution in [2.45, 2.75) is 32.8 Å². The molecule has 0 heterocycles. The lowest BCUT2D eigenvalue weighted by Gasteiger charge is -2.15. The smallest absolute Gasteiger partial charge is 0.338 e. The van der Waals surface area contributed by atoms with E-state index in [9.17, 15) is 4.79 Å².